The van der Waals surface area contributed by atoms with Crippen LogP contribution in [0.3, 0.4) is 0 Å². The van der Waals surface area contributed by atoms with Crippen molar-refractivity contribution in [2.45, 2.75) is 37.8 Å². The topological polar surface area (TPSA) is 93.4 Å². The Morgan fingerprint density at radius 1 is 1.29 bits per heavy atom. The van der Waals surface area contributed by atoms with E-state index in [2.05, 4.69) is 17.3 Å². The third-order valence-electron chi connectivity index (χ3n) is 5.96. The number of primary amides is 1. The predicted molar refractivity (Wildman–Crippen MR) is 97.7 cm³/mol. The number of nitrogens with zero attached hydrogens (tertiary/aromatic N) is 3. The zero-order valence-electron chi connectivity index (χ0n) is 15.5. The molecule has 1 aliphatic carbocycles. The lowest BCUT2D eigenvalue weighted by atomic mass is 9.97. The molecular weight excluding hydrogens is 361 g/mol. The number of hydrogen-bond acceptors (Lipinski definition) is 3. The molecule has 3 heterocycles. The third-order valence-corrected chi connectivity index (χ3v) is 5.96. The number of aromatic nitrogens is 3. The summed E-state index contributed by atoms with van der Waals surface area (Å²) in [5.74, 6) is -1.34. The summed E-state index contributed by atoms with van der Waals surface area (Å²) in [5.41, 5.74) is 7.61. The van der Waals surface area contributed by atoms with Crippen molar-refractivity contribution in [3.8, 4) is 11.3 Å². The predicted octanol–water partition coefficient (Wildman–Crippen LogP) is 1.38. The zero-order chi connectivity index (χ0) is 19.8. The van der Waals surface area contributed by atoms with Crippen LogP contribution in [0.2, 0.25) is 0 Å². The van der Waals surface area contributed by atoms with E-state index in [1.165, 1.54) is 12.1 Å². The molecule has 7 nitrogen and oxygen atoms in total. The van der Waals surface area contributed by atoms with Gasteiger partial charge in [-0.05, 0) is 43.2 Å². The van der Waals surface area contributed by atoms with Gasteiger partial charge in [0.25, 0.3) is 17.5 Å². The summed E-state index contributed by atoms with van der Waals surface area (Å²) < 4.78 is 16.6. The molecular formula is C20H19FN5O2+. The van der Waals surface area contributed by atoms with Gasteiger partial charge in [-0.25, -0.2) is 4.39 Å². The molecule has 0 radical (unpaired) electrons. The molecule has 3 aromatic rings. The van der Waals surface area contributed by atoms with E-state index in [-0.39, 0.29) is 17.1 Å². The lowest BCUT2D eigenvalue weighted by Gasteiger charge is -2.19. The molecule has 1 aromatic carbocycles. The van der Waals surface area contributed by atoms with Gasteiger partial charge in [-0.3, -0.25) is 14.9 Å². The minimum absolute atomic E-state index is 0.0811. The van der Waals surface area contributed by atoms with Crippen LogP contribution in [0.4, 0.5) is 4.39 Å². The summed E-state index contributed by atoms with van der Waals surface area (Å²) in [6.45, 7) is 3.74. The van der Waals surface area contributed by atoms with Crippen molar-refractivity contribution in [2.75, 3.05) is 0 Å². The Morgan fingerprint density at radius 2 is 1.96 bits per heavy atom. The van der Waals surface area contributed by atoms with E-state index >= 15 is 0 Å². The number of carbonyl (C=O) groups is 2. The van der Waals surface area contributed by atoms with Crippen LogP contribution in [0.15, 0.2) is 36.5 Å². The highest BCUT2D eigenvalue weighted by Gasteiger charge is 2.54. The number of fused-ring (bicyclic) bond motifs is 3. The van der Waals surface area contributed by atoms with E-state index in [0.717, 1.165) is 24.0 Å². The first-order valence-corrected chi connectivity index (χ1v) is 9.11. The first-order chi connectivity index (χ1) is 13.2. The molecule has 2 aromatic heterocycles. The highest BCUT2D eigenvalue weighted by molar-refractivity contribution is 5.97. The lowest BCUT2D eigenvalue weighted by Crippen LogP contribution is -2.65. The highest BCUT2D eigenvalue weighted by atomic mass is 19.1. The Bertz CT molecular complexity index is 1180. The lowest BCUT2D eigenvalue weighted by molar-refractivity contribution is -0.718. The molecule has 5 rings (SSSR count). The van der Waals surface area contributed by atoms with E-state index in [0.29, 0.717) is 17.0 Å². The molecule has 1 fully saturated rings. The summed E-state index contributed by atoms with van der Waals surface area (Å²) in [7, 11) is 0. The number of rotatable bonds is 3. The first kappa shape index (κ1) is 16.9. The molecule has 1 atom stereocenters. The number of amides is 2. The molecule has 2 amide bonds. The molecule has 0 saturated heterocycles. The normalized spacial score (nSPS) is 22.2. The summed E-state index contributed by atoms with van der Waals surface area (Å²) in [6, 6.07) is 8.09. The average molecular weight is 380 g/mol. The third kappa shape index (κ3) is 2.14. The smallest absolute Gasteiger partial charge is 0.314 e. The van der Waals surface area contributed by atoms with Crippen LogP contribution >= 0.6 is 0 Å². The molecule has 28 heavy (non-hydrogen) atoms. The molecule has 1 aliphatic heterocycles. The molecule has 142 valence electrons. The minimum atomic E-state index is -1.36. The second-order valence-electron chi connectivity index (χ2n) is 8.02. The standard InChI is InChI=1S/C20H18FN5O2/c1-19(7-8-19)13-9-14(11-3-5-12(21)6-4-11)24-25-10-15-16(27)23-20(2,18(22)28)26(15)17(13)25/h3-6,9-10H,7-8H2,1-2H3,(H2-,22,23,27,28)/p+1. The van der Waals surface area contributed by atoms with E-state index < -0.39 is 11.6 Å². The zero-order valence-corrected chi connectivity index (χ0v) is 15.5. The first-order valence-electron chi connectivity index (χ1n) is 9.11. The van der Waals surface area contributed by atoms with Crippen LogP contribution in [-0.2, 0) is 15.9 Å². The summed E-state index contributed by atoms with van der Waals surface area (Å²) in [6.07, 6.45) is 3.59. The molecule has 0 bridgehead atoms. The van der Waals surface area contributed by atoms with Crippen LogP contribution in [0.25, 0.3) is 16.9 Å². The fourth-order valence-electron chi connectivity index (χ4n) is 3.91. The van der Waals surface area contributed by atoms with Crippen molar-refractivity contribution in [1.82, 2.24) is 14.9 Å². The average Bonchev–Trinajstić information content (AvgIpc) is 3.19. The largest absolute Gasteiger partial charge is 0.364 e. The molecule has 3 N–H and O–H groups in total. The fourth-order valence-corrected chi connectivity index (χ4v) is 3.91. The van der Waals surface area contributed by atoms with Crippen molar-refractivity contribution in [2.24, 2.45) is 5.73 Å². The number of nitrogens with two attached hydrogens (primary N) is 1. The Labute approximate surface area is 160 Å². The Morgan fingerprint density at radius 3 is 2.57 bits per heavy atom. The van der Waals surface area contributed by atoms with Gasteiger partial charge in [0, 0.05) is 17.9 Å². The van der Waals surface area contributed by atoms with Crippen molar-refractivity contribution in [3.63, 3.8) is 0 Å². The maximum Gasteiger partial charge on any atom is 0.314 e. The van der Waals surface area contributed by atoms with E-state index in [1.54, 1.807) is 34.3 Å². The molecule has 0 spiro atoms. The minimum Gasteiger partial charge on any atom is -0.364 e. The van der Waals surface area contributed by atoms with Crippen molar-refractivity contribution in [3.05, 3.63) is 53.6 Å². The monoisotopic (exact) mass is 380 g/mol. The van der Waals surface area contributed by atoms with Gasteiger partial charge in [0.2, 0.25) is 5.69 Å². The van der Waals surface area contributed by atoms with Crippen LogP contribution in [0.5, 0.6) is 0 Å². The van der Waals surface area contributed by atoms with Crippen LogP contribution < -0.4 is 15.6 Å². The number of imidazole rings is 1. The number of nitrogens with one attached hydrogen (secondary N) is 1. The second-order valence-corrected chi connectivity index (χ2v) is 8.02. The van der Waals surface area contributed by atoms with Gasteiger partial charge in [0.1, 0.15) is 11.5 Å². The summed E-state index contributed by atoms with van der Waals surface area (Å²) in [4.78, 5) is 24.7. The fraction of sp³-hybridized carbons (Fsp3) is 0.300. The summed E-state index contributed by atoms with van der Waals surface area (Å²) >= 11 is 0. The number of halogens is 1. The number of benzene rings is 1. The maximum atomic E-state index is 13.3. The van der Waals surface area contributed by atoms with Gasteiger partial charge >= 0.3 is 5.65 Å². The molecule has 1 saturated carbocycles. The Kier molecular flexibility index (Phi) is 3.10. The molecule has 8 heteroatoms. The van der Waals surface area contributed by atoms with Crippen molar-refractivity contribution < 1.29 is 18.5 Å². The highest BCUT2D eigenvalue weighted by Crippen LogP contribution is 2.49. The Balaban J connectivity index is 1.84. The van der Waals surface area contributed by atoms with Crippen molar-refractivity contribution >= 4 is 17.5 Å². The summed E-state index contributed by atoms with van der Waals surface area (Å²) in [5, 5.41) is 7.33. The number of hydrogen-bond donors (Lipinski definition) is 2. The van der Waals surface area contributed by atoms with Gasteiger partial charge in [-0.2, -0.15) is 4.57 Å². The van der Waals surface area contributed by atoms with Gasteiger partial charge < -0.3 is 5.73 Å². The van der Waals surface area contributed by atoms with Gasteiger partial charge in [0.05, 0.1) is 5.56 Å². The van der Waals surface area contributed by atoms with E-state index in [4.69, 9.17) is 5.73 Å². The number of carbonyl (C=O) groups excluding carboxylic acids is 2. The van der Waals surface area contributed by atoms with E-state index in [9.17, 15) is 14.0 Å². The second kappa shape index (κ2) is 5.15. The maximum absolute atomic E-state index is 13.3. The van der Waals surface area contributed by atoms with Gasteiger partial charge in [-0.1, -0.05) is 16.5 Å². The van der Waals surface area contributed by atoms with Crippen molar-refractivity contribution in [1.29, 1.82) is 0 Å². The van der Waals surface area contributed by atoms with Crippen LogP contribution in [0, 0.1) is 5.82 Å². The molecule has 1 unspecified atom stereocenters. The molecule has 2 aliphatic rings. The van der Waals surface area contributed by atoms with Crippen LogP contribution in [0.1, 0.15) is 42.7 Å². The Hall–Kier alpha value is -3.29. The van der Waals surface area contributed by atoms with E-state index in [1.807, 2.05) is 6.07 Å². The van der Waals surface area contributed by atoms with Crippen LogP contribution in [-0.4, -0.2) is 21.4 Å². The SMILES string of the molecule is CC1(c2cc(-c3ccc(F)cc3)nn3cc4[n+](c23)C(C)(C(N)=O)NC4=O)CC1. The quantitative estimate of drug-likeness (QED) is 0.673. The van der Waals surface area contributed by atoms with Gasteiger partial charge in [0.15, 0.2) is 6.20 Å². The van der Waals surface area contributed by atoms with Gasteiger partial charge in [-0.15, -0.1) is 0 Å².